The van der Waals surface area contributed by atoms with Gasteiger partial charge in [-0.1, -0.05) is 0 Å². The highest BCUT2D eigenvalue weighted by atomic mass is 16.2. The summed E-state index contributed by atoms with van der Waals surface area (Å²) in [5.41, 5.74) is 0.302. The fourth-order valence-electron chi connectivity index (χ4n) is 1.79. The van der Waals surface area contributed by atoms with Crippen LogP contribution in [0.4, 0.5) is 0 Å². The van der Waals surface area contributed by atoms with Gasteiger partial charge in [-0.3, -0.25) is 9.59 Å². The second-order valence-electron chi connectivity index (χ2n) is 3.94. The first-order valence-corrected chi connectivity index (χ1v) is 5.46. The predicted molar refractivity (Wildman–Crippen MR) is 60.4 cm³/mol. The molecule has 1 fully saturated rings. The summed E-state index contributed by atoms with van der Waals surface area (Å²) < 4.78 is 0. The van der Waals surface area contributed by atoms with Gasteiger partial charge in [0.05, 0.1) is 5.56 Å². The van der Waals surface area contributed by atoms with E-state index in [9.17, 15) is 9.59 Å². The maximum Gasteiger partial charge on any atom is 0.252 e. The molecule has 0 radical (unpaired) electrons. The molecule has 1 saturated heterocycles. The summed E-state index contributed by atoms with van der Waals surface area (Å²) >= 11 is 0. The Morgan fingerprint density at radius 3 is 2.69 bits per heavy atom. The van der Waals surface area contributed by atoms with Gasteiger partial charge in [0, 0.05) is 18.3 Å². The molecule has 0 aliphatic carbocycles. The van der Waals surface area contributed by atoms with Gasteiger partial charge in [-0.25, -0.2) is 0 Å². The lowest BCUT2D eigenvalue weighted by molar-refractivity contribution is 0.0929. The molecule has 3 N–H and O–H groups in total. The van der Waals surface area contributed by atoms with Gasteiger partial charge in [0.25, 0.3) is 5.91 Å². The predicted octanol–water partition coefficient (Wildman–Crippen LogP) is -0.143. The van der Waals surface area contributed by atoms with Gasteiger partial charge in [-0.05, 0) is 32.0 Å². The van der Waals surface area contributed by atoms with Crippen LogP contribution in [0.1, 0.15) is 23.2 Å². The Balaban J connectivity index is 1.96. The number of carbonyl (C=O) groups is 1. The Morgan fingerprint density at radius 2 is 2.06 bits per heavy atom. The molecular formula is C11H15N3O2. The maximum atomic E-state index is 11.8. The van der Waals surface area contributed by atoms with E-state index in [0.29, 0.717) is 5.56 Å². The van der Waals surface area contributed by atoms with Gasteiger partial charge in [0.1, 0.15) is 0 Å². The van der Waals surface area contributed by atoms with Crippen LogP contribution in [0.2, 0.25) is 0 Å². The third-order valence-corrected chi connectivity index (χ3v) is 2.72. The highest BCUT2D eigenvalue weighted by Crippen LogP contribution is 2.03. The minimum absolute atomic E-state index is 0.122. The molecule has 0 bridgehead atoms. The van der Waals surface area contributed by atoms with Crippen molar-refractivity contribution in [2.75, 3.05) is 13.1 Å². The summed E-state index contributed by atoms with van der Waals surface area (Å²) in [6.07, 6.45) is 3.35. The van der Waals surface area contributed by atoms with E-state index in [1.165, 1.54) is 18.3 Å². The Labute approximate surface area is 93.3 Å². The van der Waals surface area contributed by atoms with Crippen LogP contribution < -0.4 is 16.2 Å². The molecule has 0 aromatic carbocycles. The molecule has 1 aromatic rings. The summed E-state index contributed by atoms with van der Waals surface area (Å²) in [5, 5.41) is 6.19. The summed E-state index contributed by atoms with van der Waals surface area (Å²) in [4.78, 5) is 25.1. The molecule has 2 rings (SSSR count). The molecule has 0 spiro atoms. The van der Waals surface area contributed by atoms with Crippen molar-refractivity contribution in [1.82, 2.24) is 15.6 Å². The molecule has 2 heterocycles. The standard InChI is InChI=1S/C11H15N3O2/c15-10-2-1-8(7-13-10)11(16)14-9-3-5-12-6-4-9/h1-2,7,9,12H,3-6H2,(H,13,15)(H,14,16). The first-order chi connectivity index (χ1) is 7.75. The van der Waals surface area contributed by atoms with Crippen LogP contribution >= 0.6 is 0 Å². The SMILES string of the molecule is O=C(NC1CCNCC1)c1ccc(=O)[nH]c1. The molecule has 16 heavy (non-hydrogen) atoms. The quantitative estimate of drug-likeness (QED) is 0.650. The largest absolute Gasteiger partial charge is 0.349 e. The fraction of sp³-hybridized carbons (Fsp3) is 0.455. The summed E-state index contributed by atoms with van der Waals surface area (Å²) in [6.45, 7) is 1.88. The van der Waals surface area contributed by atoms with Crippen LogP contribution in [0.5, 0.6) is 0 Å². The zero-order chi connectivity index (χ0) is 11.4. The van der Waals surface area contributed by atoms with Gasteiger partial charge in [0.2, 0.25) is 5.56 Å². The number of hydrogen-bond acceptors (Lipinski definition) is 3. The van der Waals surface area contributed by atoms with E-state index in [1.54, 1.807) is 0 Å². The summed E-state index contributed by atoms with van der Waals surface area (Å²) in [6, 6.07) is 3.13. The van der Waals surface area contributed by atoms with E-state index < -0.39 is 0 Å². The molecule has 86 valence electrons. The lowest BCUT2D eigenvalue weighted by Crippen LogP contribution is -2.42. The number of amides is 1. The number of piperidine rings is 1. The van der Waals surface area contributed by atoms with E-state index in [4.69, 9.17) is 0 Å². The van der Waals surface area contributed by atoms with Crippen molar-refractivity contribution in [2.45, 2.75) is 18.9 Å². The number of aromatic nitrogens is 1. The number of aromatic amines is 1. The topological polar surface area (TPSA) is 74.0 Å². The van der Waals surface area contributed by atoms with E-state index in [1.807, 2.05) is 0 Å². The first-order valence-electron chi connectivity index (χ1n) is 5.46. The highest BCUT2D eigenvalue weighted by Gasteiger charge is 2.16. The number of H-pyrrole nitrogens is 1. The van der Waals surface area contributed by atoms with Crippen molar-refractivity contribution in [2.24, 2.45) is 0 Å². The number of rotatable bonds is 2. The number of hydrogen-bond donors (Lipinski definition) is 3. The van der Waals surface area contributed by atoms with E-state index in [2.05, 4.69) is 15.6 Å². The minimum atomic E-state index is -0.196. The minimum Gasteiger partial charge on any atom is -0.349 e. The Kier molecular flexibility index (Phi) is 3.36. The molecule has 0 atom stereocenters. The Bertz CT molecular complexity index is 401. The number of nitrogens with one attached hydrogen (secondary N) is 3. The number of pyridine rings is 1. The smallest absolute Gasteiger partial charge is 0.252 e. The van der Waals surface area contributed by atoms with E-state index in [0.717, 1.165) is 25.9 Å². The monoisotopic (exact) mass is 221 g/mol. The molecule has 0 saturated carbocycles. The van der Waals surface area contributed by atoms with Crippen LogP contribution in [0, 0.1) is 0 Å². The average Bonchev–Trinajstić information content (AvgIpc) is 2.31. The average molecular weight is 221 g/mol. The summed E-state index contributed by atoms with van der Waals surface area (Å²) in [5.74, 6) is -0.122. The lowest BCUT2D eigenvalue weighted by Gasteiger charge is -2.23. The zero-order valence-corrected chi connectivity index (χ0v) is 8.95. The van der Waals surface area contributed by atoms with Crippen LogP contribution in [-0.2, 0) is 0 Å². The lowest BCUT2D eigenvalue weighted by atomic mass is 10.1. The van der Waals surface area contributed by atoms with Crippen molar-refractivity contribution in [3.05, 3.63) is 34.2 Å². The van der Waals surface area contributed by atoms with Gasteiger partial charge < -0.3 is 15.6 Å². The van der Waals surface area contributed by atoms with Crippen molar-refractivity contribution < 1.29 is 4.79 Å². The zero-order valence-electron chi connectivity index (χ0n) is 8.95. The first kappa shape index (κ1) is 10.9. The van der Waals surface area contributed by atoms with Crippen LogP contribution in [-0.4, -0.2) is 30.0 Å². The molecule has 1 amide bonds. The molecule has 5 nitrogen and oxygen atoms in total. The van der Waals surface area contributed by atoms with E-state index in [-0.39, 0.29) is 17.5 Å². The summed E-state index contributed by atoms with van der Waals surface area (Å²) in [7, 11) is 0. The van der Waals surface area contributed by atoms with Crippen molar-refractivity contribution in [3.63, 3.8) is 0 Å². The Morgan fingerprint density at radius 1 is 1.31 bits per heavy atom. The van der Waals surface area contributed by atoms with Gasteiger partial charge in [-0.2, -0.15) is 0 Å². The molecule has 1 aromatic heterocycles. The van der Waals surface area contributed by atoms with Crippen LogP contribution in [0.3, 0.4) is 0 Å². The molecule has 5 heteroatoms. The second-order valence-corrected chi connectivity index (χ2v) is 3.94. The Hall–Kier alpha value is -1.62. The fourth-order valence-corrected chi connectivity index (χ4v) is 1.79. The second kappa shape index (κ2) is 4.94. The van der Waals surface area contributed by atoms with E-state index >= 15 is 0 Å². The van der Waals surface area contributed by atoms with Crippen molar-refractivity contribution in [1.29, 1.82) is 0 Å². The third-order valence-electron chi connectivity index (χ3n) is 2.72. The molecule has 1 aliphatic rings. The van der Waals surface area contributed by atoms with Gasteiger partial charge in [0.15, 0.2) is 0 Å². The van der Waals surface area contributed by atoms with Gasteiger partial charge >= 0.3 is 0 Å². The third kappa shape index (κ3) is 2.70. The normalized spacial score (nSPS) is 17.0. The molecular weight excluding hydrogens is 206 g/mol. The molecule has 1 aliphatic heterocycles. The number of carbonyl (C=O) groups excluding carboxylic acids is 1. The van der Waals surface area contributed by atoms with Crippen LogP contribution in [0.25, 0.3) is 0 Å². The highest BCUT2D eigenvalue weighted by molar-refractivity contribution is 5.93. The van der Waals surface area contributed by atoms with Crippen LogP contribution in [0.15, 0.2) is 23.1 Å². The van der Waals surface area contributed by atoms with Crippen molar-refractivity contribution >= 4 is 5.91 Å². The van der Waals surface area contributed by atoms with Gasteiger partial charge in [-0.15, -0.1) is 0 Å². The van der Waals surface area contributed by atoms with Crippen molar-refractivity contribution in [3.8, 4) is 0 Å². The molecule has 0 unspecified atom stereocenters. The maximum absolute atomic E-state index is 11.8.